The first kappa shape index (κ1) is 17.2. The molecule has 2 N–H and O–H groups in total. The quantitative estimate of drug-likeness (QED) is 0.855. The van der Waals surface area contributed by atoms with Crippen molar-refractivity contribution in [2.24, 2.45) is 0 Å². The molecule has 0 fully saturated rings. The third kappa shape index (κ3) is 4.93. The average molecular weight is 375 g/mol. The Hall–Kier alpha value is -2.14. The number of anilines is 1. The molecule has 2 aromatic carbocycles. The van der Waals surface area contributed by atoms with Gasteiger partial charge in [-0.1, -0.05) is 33.1 Å². The minimum absolute atomic E-state index is 0.0685. The number of aryl methyl sites for hydroxylation is 3. The molecule has 2 rings (SSSR count). The number of nitrogens with one attached hydrogen (secondary N) is 2. The van der Waals surface area contributed by atoms with E-state index in [9.17, 15) is 9.59 Å². The predicted molar refractivity (Wildman–Crippen MR) is 95.8 cm³/mol. The molecule has 0 aliphatic heterocycles. The molecule has 5 heteroatoms. The second-order valence-electron chi connectivity index (χ2n) is 5.57. The Balaban J connectivity index is 1.93. The highest BCUT2D eigenvalue weighted by Gasteiger charge is 2.09. The number of carbonyl (C=O) groups is 2. The van der Waals surface area contributed by atoms with E-state index in [2.05, 4.69) is 26.6 Å². The molecule has 0 aliphatic rings. The Morgan fingerprint density at radius 2 is 1.65 bits per heavy atom. The van der Waals surface area contributed by atoms with Crippen LogP contribution in [0.1, 0.15) is 27.0 Å². The number of carbonyl (C=O) groups excluding carboxylic acids is 2. The summed E-state index contributed by atoms with van der Waals surface area (Å²) in [7, 11) is 0. The minimum Gasteiger partial charge on any atom is -0.343 e. The molecule has 0 saturated heterocycles. The van der Waals surface area contributed by atoms with Gasteiger partial charge in [0.1, 0.15) is 0 Å². The third-order valence-corrected chi connectivity index (χ3v) is 4.22. The lowest BCUT2D eigenvalue weighted by Crippen LogP contribution is -2.32. The largest absolute Gasteiger partial charge is 0.343 e. The molecule has 0 radical (unpaired) electrons. The first-order chi connectivity index (χ1) is 10.8. The third-order valence-electron chi connectivity index (χ3n) is 3.34. The zero-order chi connectivity index (χ0) is 17.0. The summed E-state index contributed by atoms with van der Waals surface area (Å²) in [5.41, 5.74) is 4.34. The molecular formula is C18H19BrN2O2. The van der Waals surface area contributed by atoms with Gasteiger partial charge in [-0.2, -0.15) is 0 Å². The van der Waals surface area contributed by atoms with Crippen LogP contribution in [0.3, 0.4) is 0 Å². The summed E-state index contributed by atoms with van der Waals surface area (Å²) in [4.78, 5) is 24.0. The fourth-order valence-corrected chi connectivity index (χ4v) is 2.54. The molecule has 2 aromatic rings. The van der Waals surface area contributed by atoms with Crippen LogP contribution in [0.5, 0.6) is 0 Å². The van der Waals surface area contributed by atoms with Crippen molar-refractivity contribution in [3.05, 3.63) is 63.1 Å². The maximum atomic E-state index is 12.1. The molecule has 4 nitrogen and oxygen atoms in total. The van der Waals surface area contributed by atoms with Crippen molar-refractivity contribution in [2.45, 2.75) is 20.8 Å². The number of hydrogen-bond donors (Lipinski definition) is 2. The van der Waals surface area contributed by atoms with Gasteiger partial charge in [0.15, 0.2) is 0 Å². The highest BCUT2D eigenvalue weighted by molar-refractivity contribution is 9.10. The van der Waals surface area contributed by atoms with E-state index in [4.69, 9.17) is 0 Å². The van der Waals surface area contributed by atoms with Crippen molar-refractivity contribution >= 4 is 33.4 Å². The maximum Gasteiger partial charge on any atom is 0.251 e. The lowest BCUT2D eigenvalue weighted by molar-refractivity contribution is -0.115. The molecule has 0 aromatic heterocycles. The molecule has 0 aliphatic carbocycles. The summed E-state index contributed by atoms with van der Waals surface area (Å²) in [5.74, 6) is -0.511. The monoisotopic (exact) mass is 374 g/mol. The Morgan fingerprint density at radius 3 is 2.26 bits per heavy atom. The van der Waals surface area contributed by atoms with Gasteiger partial charge in [0.25, 0.3) is 5.91 Å². The Morgan fingerprint density at radius 1 is 1.00 bits per heavy atom. The van der Waals surface area contributed by atoms with Gasteiger partial charge in [-0.3, -0.25) is 9.59 Å². The summed E-state index contributed by atoms with van der Waals surface area (Å²) in [5, 5.41) is 5.40. The van der Waals surface area contributed by atoms with E-state index in [0.29, 0.717) is 11.3 Å². The number of halogens is 1. The van der Waals surface area contributed by atoms with Gasteiger partial charge in [0.2, 0.25) is 5.91 Å². The van der Waals surface area contributed by atoms with Gasteiger partial charge in [-0.05, 0) is 56.7 Å². The standard InChI is InChI=1S/C18H19BrN2O2/c1-11-6-12(2)8-14(7-11)18(23)20-10-17(22)21-15-4-5-16(19)13(3)9-15/h4-9H,10H2,1-3H3,(H,20,23)(H,21,22). The number of rotatable bonds is 4. The van der Waals surface area contributed by atoms with Crippen molar-refractivity contribution in [3.63, 3.8) is 0 Å². The van der Waals surface area contributed by atoms with Crippen LogP contribution in [-0.4, -0.2) is 18.4 Å². The normalized spacial score (nSPS) is 10.3. The van der Waals surface area contributed by atoms with Crippen LogP contribution in [0.25, 0.3) is 0 Å². The molecule has 0 unspecified atom stereocenters. The van der Waals surface area contributed by atoms with E-state index in [1.807, 2.05) is 39.0 Å². The zero-order valence-electron chi connectivity index (χ0n) is 13.4. The average Bonchev–Trinajstić information content (AvgIpc) is 2.47. The van der Waals surface area contributed by atoms with Crippen LogP contribution in [0, 0.1) is 20.8 Å². The van der Waals surface area contributed by atoms with E-state index in [1.165, 1.54) is 0 Å². The number of hydrogen-bond acceptors (Lipinski definition) is 2. The highest BCUT2D eigenvalue weighted by Crippen LogP contribution is 2.19. The van der Waals surface area contributed by atoms with E-state index in [-0.39, 0.29) is 18.4 Å². The van der Waals surface area contributed by atoms with Crippen LogP contribution in [0.15, 0.2) is 40.9 Å². The summed E-state index contributed by atoms with van der Waals surface area (Å²) < 4.78 is 0.985. The Bertz CT molecular complexity index is 736. The topological polar surface area (TPSA) is 58.2 Å². The van der Waals surface area contributed by atoms with Gasteiger partial charge in [-0.15, -0.1) is 0 Å². The lowest BCUT2D eigenvalue weighted by Gasteiger charge is -2.09. The maximum absolute atomic E-state index is 12.1. The minimum atomic E-state index is -0.260. The predicted octanol–water partition coefficient (Wildman–Crippen LogP) is 3.74. The van der Waals surface area contributed by atoms with Gasteiger partial charge >= 0.3 is 0 Å². The summed E-state index contributed by atoms with van der Waals surface area (Å²) in [6.07, 6.45) is 0. The van der Waals surface area contributed by atoms with E-state index < -0.39 is 0 Å². The molecule has 23 heavy (non-hydrogen) atoms. The first-order valence-corrected chi connectivity index (χ1v) is 8.07. The Kier molecular flexibility index (Phi) is 5.55. The van der Waals surface area contributed by atoms with Gasteiger partial charge in [0.05, 0.1) is 6.54 Å². The fourth-order valence-electron chi connectivity index (χ4n) is 2.30. The van der Waals surface area contributed by atoms with Crippen molar-refractivity contribution < 1.29 is 9.59 Å². The van der Waals surface area contributed by atoms with E-state index in [1.54, 1.807) is 18.2 Å². The highest BCUT2D eigenvalue weighted by atomic mass is 79.9. The zero-order valence-corrected chi connectivity index (χ0v) is 15.0. The summed E-state index contributed by atoms with van der Waals surface area (Å²) in [6.45, 7) is 5.75. The van der Waals surface area contributed by atoms with Crippen molar-refractivity contribution in [2.75, 3.05) is 11.9 Å². The number of benzene rings is 2. The summed E-state index contributed by atoms with van der Waals surface area (Å²) in [6, 6.07) is 11.2. The molecule has 0 bridgehead atoms. The molecule has 0 spiro atoms. The van der Waals surface area contributed by atoms with Gasteiger partial charge < -0.3 is 10.6 Å². The molecule has 2 amide bonds. The van der Waals surface area contributed by atoms with E-state index >= 15 is 0 Å². The SMILES string of the molecule is Cc1cc(C)cc(C(=O)NCC(=O)Nc2ccc(Br)c(C)c2)c1. The van der Waals surface area contributed by atoms with Crippen LogP contribution < -0.4 is 10.6 Å². The van der Waals surface area contributed by atoms with E-state index in [0.717, 1.165) is 21.2 Å². The lowest BCUT2D eigenvalue weighted by atomic mass is 10.1. The van der Waals surface area contributed by atoms with Crippen LogP contribution >= 0.6 is 15.9 Å². The fraction of sp³-hybridized carbons (Fsp3) is 0.222. The van der Waals surface area contributed by atoms with Crippen molar-refractivity contribution in [3.8, 4) is 0 Å². The van der Waals surface area contributed by atoms with Gasteiger partial charge in [-0.25, -0.2) is 0 Å². The second-order valence-corrected chi connectivity index (χ2v) is 6.43. The smallest absolute Gasteiger partial charge is 0.251 e. The molecular weight excluding hydrogens is 356 g/mol. The van der Waals surface area contributed by atoms with Crippen LogP contribution in [0.4, 0.5) is 5.69 Å². The Labute approximate surface area is 144 Å². The summed E-state index contributed by atoms with van der Waals surface area (Å²) >= 11 is 3.41. The van der Waals surface area contributed by atoms with Gasteiger partial charge in [0, 0.05) is 15.7 Å². The van der Waals surface area contributed by atoms with Crippen LogP contribution in [-0.2, 0) is 4.79 Å². The van der Waals surface area contributed by atoms with Crippen LogP contribution in [0.2, 0.25) is 0 Å². The molecule has 0 saturated carbocycles. The molecule has 120 valence electrons. The molecule has 0 heterocycles. The van der Waals surface area contributed by atoms with Crippen molar-refractivity contribution in [1.29, 1.82) is 0 Å². The number of amides is 2. The second kappa shape index (κ2) is 7.42. The van der Waals surface area contributed by atoms with Crippen molar-refractivity contribution in [1.82, 2.24) is 5.32 Å². The first-order valence-electron chi connectivity index (χ1n) is 7.27. The molecule has 0 atom stereocenters.